The number of hydrogen-bond donors (Lipinski definition) is 0. The Morgan fingerprint density at radius 1 is 1.17 bits per heavy atom. The number of aryl methyl sites for hydroxylation is 1. The van der Waals surface area contributed by atoms with Crippen molar-refractivity contribution in [3.8, 4) is 17.2 Å². The van der Waals surface area contributed by atoms with Gasteiger partial charge in [0.15, 0.2) is 21.3 Å². The molecule has 188 valence electrons. The first kappa shape index (κ1) is 25.3. The van der Waals surface area contributed by atoms with Crippen LogP contribution < -0.4 is 9.47 Å². The lowest BCUT2D eigenvalue weighted by Gasteiger charge is -2.19. The van der Waals surface area contributed by atoms with Crippen molar-refractivity contribution < 1.29 is 27.1 Å². The average Bonchev–Trinajstić information content (AvgIpc) is 3.47. The molecule has 11 heteroatoms. The largest absolute Gasteiger partial charge is 0.494 e. The van der Waals surface area contributed by atoms with Gasteiger partial charge in [0.2, 0.25) is 0 Å². The molecule has 0 saturated heterocycles. The Balaban J connectivity index is 1.72. The molecule has 0 aliphatic heterocycles. The molecule has 9 nitrogen and oxygen atoms in total. The summed E-state index contributed by atoms with van der Waals surface area (Å²) in [6, 6.07) is 8.92. The maximum Gasteiger partial charge on any atom is 0.193 e. The van der Waals surface area contributed by atoms with Crippen LogP contribution in [0.5, 0.6) is 11.5 Å². The number of methoxy groups -OCH3 is 2. The summed E-state index contributed by atoms with van der Waals surface area (Å²) in [6.45, 7) is 7.23. The van der Waals surface area contributed by atoms with E-state index in [1.807, 2.05) is 0 Å². The van der Waals surface area contributed by atoms with Crippen LogP contribution in [0, 0.1) is 12.4 Å². The number of rotatable bonds is 9. The van der Waals surface area contributed by atoms with Crippen molar-refractivity contribution in [3.63, 3.8) is 0 Å². The van der Waals surface area contributed by atoms with E-state index >= 15 is 0 Å². The quantitative estimate of drug-likeness (QED) is 0.400. The lowest BCUT2D eigenvalue weighted by molar-refractivity contribution is -0.117. The first-order chi connectivity index (χ1) is 17.3. The van der Waals surface area contributed by atoms with Crippen LogP contribution >= 0.6 is 0 Å². The lowest BCUT2D eigenvalue weighted by Crippen LogP contribution is -2.17. The monoisotopic (exact) mass is 512 g/mol. The van der Waals surface area contributed by atoms with Gasteiger partial charge in [0.1, 0.15) is 40.4 Å². The van der Waals surface area contributed by atoms with E-state index < -0.39 is 21.4 Å². The topological polar surface area (TPSA) is 105 Å². The second kappa shape index (κ2) is 10.5. The highest BCUT2D eigenvalue weighted by atomic mass is 32.2. The molecule has 0 spiro atoms. The van der Waals surface area contributed by atoms with Gasteiger partial charge in [-0.15, -0.1) is 10.2 Å². The summed E-state index contributed by atoms with van der Waals surface area (Å²) in [5.41, 5.74) is 0.995. The van der Waals surface area contributed by atoms with E-state index in [0.29, 0.717) is 47.8 Å². The van der Waals surface area contributed by atoms with E-state index in [9.17, 15) is 17.6 Å². The minimum atomic E-state index is -3.73. The fourth-order valence-electron chi connectivity index (χ4n) is 4.41. The highest BCUT2D eigenvalue weighted by molar-refractivity contribution is 7.90. The highest BCUT2D eigenvalue weighted by Crippen LogP contribution is 2.39. The van der Waals surface area contributed by atoms with Gasteiger partial charge in [0.05, 0.1) is 26.5 Å². The second-order valence-corrected chi connectivity index (χ2v) is 10.7. The van der Waals surface area contributed by atoms with Gasteiger partial charge in [-0.1, -0.05) is 12.1 Å². The number of carbonyl (C=O) groups excluding carboxylic acids is 1. The fraction of sp³-hybridized carbons (Fsp3) is 0.360. The van der Waals surface area contributed by atoms with Crippen LogP contribution in [0.4, 0.5) is 10.1 Å². The van der Waals surface area contributed by atoms with Crippen LogP contribution in [0.25, 0.3) is 10.5 Å². The molecular formula is C25H25FN4O5S. The number of carbonyl (C=O) groups is 1. The summed E-state index contributed by atoms with van der Waals surface area (Å²) in [6.07, 6.45) is 1.36. The summed E-state index contributed by atoms with van der Waals surface area (Å²) < 4.78 is 52.5. The fourth-order valence-corrected chi connectivity index (χ4v) is 5.66. The average molecular weight is 513 g/mol. The van der Waals surface area contributed by atoms with Crippen molar-refractivity contribution in [2.45, 2.75) is 37.4 Å². The van der Waals surface area contributed by atoms with Gasteiger partial charge < -0.3 is 9.47 Å². The third-order valence-electron chi connectivity index (χ3n) is 6.19. The molecule has 4 rings (SSSR count). The Labute approximate surface area is 208 Å². The maximum atomic E-state index is 13.5. The Morgan fingerprint density at radius 2 is 1.89 bits per heavy atom. The zero-order chi connectivity index (χ0) is 25.9. The van der Waals surface area contributed by atoms with Gasteiger partial charge in [-0.2, -0.15) is 0 Å². The normalized spacial score (nSPS) is 15.6. The minimum absolute atomic E-state index is 0.0520. The molecule has 3 aromatic rings. The standard InChI is InChI=1S/C25H25FN4O5S/c1-27-20-14-18(26)9-7-16(20)11-12-36(32,33)15-23-28-29-25(17-8-10-19(31)13-17)30(23)24-21(34-2)5-4-6-22(24)35-3/h4-7,9,14,17H,8,10-13,15H2,2-3H3/t17-/m1/s1. The minimum Gasteiger partial charge on any atom is -0.494 e. The Kier molecular flexibility index (Phi) is 7.35. The van der Waals surface area contributed by atoms with Gasteiger partial charge >= 0.3 is 0 Å². The van der Waals surface area contributed by atoms with Crippen molar-refractivity contribution in [3.05, 3.63) is 70.8 Å². The van der Waals surface area contributed by atoms with Gasteiger partial charge in [-0.05, 0) is 42.7 Å². The summed E-state index contributed by atoms with van der Waals surface area (Å²) in [5.74, 6) is 0.161. The summed E-state index contributed by atoms with van der Waals surface area (Å²) in [7, 11) is -0.736. The summed E-state index contributed by atoms with van der Waals surface area (Å²) >= 11 is 0. The molecule has 0 unspecified atom stereocenters. The number of ketones is 1. The smallest absolute Gasteiger partial charge is 0.193 e. The summed E-state index contributed by atoms with van der Waals surface area (Å²) in [5, 5.41) is 8.51. The molecule has 1 aromatic heterocycles. The number of Topliss-reactive ketones (excluding diaryl/α,β-unsaturated/α-hetero) is 1. The Bertz CT molecular complexity index is 1420. The molecule has 36 heavy (non-hydrogen) atoms. The van der Waals surface area contributed by atoms with Crippen molar-refractivity contribution in [1.29, 1.82) is 0 Å². The molecular weight excluding hydrogens is 487 g/mol. The SMILES string of the molecule is [C-]#[N+]c1cc(F)ccc1CCS(=O)(=O)Cc1nnc([C@@H]2CCC(=O)C2)n1-c1c(OC)cccc1OC. The van der Waals surface area contributed by atoms with Crippen LogP contribution in [0.15, 0.2) is 36.4 Å². The first-order valence-corrected chi connectivity index (χ1v) is 13.1. The van der Waals surface area contributed by atoms with E-state index in [4.69, 9.17) is 16.0 Å². The van der Waals surface area contributed by atoms with E-state index in [-0.39, 0.29) is 35.4 Å². The number of para-hydroxylation sites is 1. The maximum absolute atomic E-state index is 13.5. The van der Waals surface area contributed by atoms with Crippen molar-refractivity contribution in [1.82, 2.24) is 14.8 Å². The predicted molar refractivity (Wildman–Crippen MR) is 130 cm³/mol. The molecule has 0 amide bonds. The van der Waals surface area contributed by atoms with E-state index in [2.05, 4.69) is 15.0 Å². The molecule has 1 fully saturated rings. The van der Waals surface area contributed by atoms with Crippen molar-refractivity contribution >= 4 is 21.3 Å². The van der Waals surface area contributed by atoms with E-state index in [1.54, 1.807) is 22.8 Å². The van der Waals surface area contributed by atoms with Crippen LogP contribution in [0.2, 0.25) is 0 Å². The Hall–Kier alpha value is -3.78. The summed E-state index contributed by atoms with van der Waals surface area (Å²) in [4.78, 5) is 15.3. The molecule has 0 N–H and O–H groups in total. The zero-order valence-electron chi connectivity index (χ0n) is 19.9. The van der Waals surface area contributed by atoms with Crippen molar-refractivity contribution in [2.75, 3.05) is 20.0 Å². The van der Waals surface area contributed by atoms with Crippen LogP contribution in [-0.4, -0.2) is 48.9 Å². The van der Waals surface area contributed by atoms with Crippen LogP contribution in [-0.2, 0) is 26.8 Å². The van der Waals surface area contributed by atoms with Gasteiger partial charge in [0.25, 0.3) is 0 Å². The molecule has 0 radical (unpaired) electrons. The number of halogens is 1. The lowest BCUT2D eigenvalue weighted by atomic mass is 10.1. The van der Waals surface area contributed by atoms with Crippen LogP contribution in [0.1, 0.15) is 42.4 Å². The second-order valence-electron chi connectivity index (χ2n) is 8.53. The third kappa shape index (κ3) is 5.23. The first-order valence-electron chi connectivity index (χ1n) is 11.3. The molecule has 1 aliphatic carbocycles. The number of ether oxygens (including phenoxy) is 2. The highest BCUT2D eigenvalue weighted by Gasteiger charge is 2.32. The molecule has 0 bridgehead atoms. The molecule has 1 saturated carbocycles. The number of nitrogens with zero attached hydrogens (tertiary/aromatic N) is 4. The van der Waals surface area contributed by atoms with E-state index in [1.165, 1.54) is 26.4 Å². The van der Waals surface area contributed by atoms with E-state index in [0.717, 1.165) is 6.07 Å². The Morgan fingerprint density at radius 3 is 2.50 bits per heavy atom. The van der Waals surface area contributed by atoms with Gasteiger partial charge in [0, 0.05) is 18.8 Å². The van der Waals surface area contributed by atoms with Crippen LogP contribution in [0.3, 0.4) is 0 Å². The molecule has 1 aliphatic rings. The number of benzene rings is 2. The number of sulfone groups is 1. The zero-order valence-corrected chi connectivity index (χ0v) is 20.7. The number of aromatic nitrogens is 3. The number of hydrogen-bond acceptors (Lipinski definition) is 7. The van der Waals surface area contributed by atoms with Gasteiger partial charge in [-0.25, -0.2) is 17.7 Å². The third-order valence-corrected chi connectivity index (χ3v) is 7.71. The molecule has 1 heterocycles. The molecule has 2 aromatic carbocycles. The van der Waals surface area contributed by atoms with Gasteiger partial charge in [-0.3, -0.25) is 9.36 Å². The van der Waals surface area contributed by atoms with Crippen molar-refractivity contribution in [2.24, 2.45) is 0 Å². The molecule has 1 atom stereocenters. The predicted octanol–water partition coefficient (Wildman–Crippen LogP) is 3.97.